The van der Waals surface area contributed by atoms with Crippen molar-refractivity contribution in [2.24, 2.45) is 5.73 Å². The molecule has 0 aromatic rings. The Hall–Kier alpha value is -0.920. The Kier molecular flexibility index (Phi) is 2.00. The summed E-state index contributed by atoms with van der Waals surface area (Å²) in [5.74, 6) is 0. The highest BCUT2D eigenvalue weighted by molar-refractivity contribution is 4.59. The Morgan fingerprint density at radius 3 is 2.50 bits per heavy atom. The average Bonchev–Trinajstić information content (AvgIpc) is 1.88. The van der Waals surface area contributed by atoms with Crippen molar-refractivity contribution in [2.75, 3.05) is 13.3 Å². The quantitative estimate of drug-likeness (QED) is 0.288. The summed E-state index contributed by atoms with van der Waals surface area (Å²) >= 11 is 0. The summed E-state index contributed by atoms with van der Waals surface area (Å²) < 4.78 is 0. The van der Waals surface area contributed by atoms with Crippen molar-refractivity contribution < 1.29 is 5.03 Å². The average molecular weight is 147 g/mol. The molecular formula is C3H9N5O2. The highest BCUT2D eigenvalue weighted by Crippen LogP contribution is 1.87. The van der Waals surface area contributed by atoms with E-state index in [1.165, 1.54) is 0 Å². The lowest BCUT2D eigenvalue weighted by molar-refractivity contribution is -0.660. The summed E-state index contributed by atoms with van der Waals surface area (Å²) in [4.78, 5) is 10.1. The lowest BCUT2D eigenvalue weighted by Crippen LogP contribution is -2.62. The summed E-state index contributed by atoms with van der Waals surface area (Å²) in [6.45, 7) is 0.363. The van der Waals surface area contributed by atoms with Gasteiger partial charge in [-0.25, -0.2) is 10.1 Å². The molecule has 0 radical (unpaired) electrons. The number of nitrogens with two attached hydrogens (primary N) is 1. The molecule has 1 rings (SSSR count). The van der Waals surface area contributed by atoms with Gasteiger partial charge in [0.2, 0.25) is 0 Å². The maximum absolute atomic E-state index is 10.1. The van der Waals surface area contributed by atoms with Gasteiger partial charge in [0.1, 0.15) is 19.6 Å². The molecule has 0 saturated carbocycles. The molecule has 0 atom stereocenters. The number of hydrazine groups is 1. The Morgan fingerprint density at radius 1 is 1.60 bits per heavy atom. The monoisotopic (exact) mass is 147 g/mol. The Bertz CT molecular complexity index is 131. The van der Waals surface area contributed by atoms with Crippen molar-refractivity contribution in [3.63, 3.8) is 0 Å². The van der Waals surface area contributed by atoms with Crippen LogP contribution in [0, 0.1) is 10.1 Å². The minimum atomic E-state index is -0.480. The molecule has 7 heteroatoms. The second kappa shape index (κ2) is 2.78. The molecule has 1 aliphatic heterocycles. The van der Waals surface area contributed by atoms with Crippen molar-refractivity contribution in [3.05, 3.63) is 10.1 Å². The van der Waals surface area contributed by atoms with Crippen LogP contribution in [-0.4, -0.2) is 29.7 Å². The van der Waals surface area contributed by atoms with E-state index in [1.54, 1.807) is 0 Å². The van der Waals surface area contributed by atoms with Gasteiger partial charge in [-0.2, -0.15) is 0 Å². The molecule has 0 unspecified atom stereocenters. The van der Waals surface area contributed by atoms with Crippen molar-refractivity contribution in [1.29, 1.82) is 0 Å². The first-order valence-electron chi connectivity index (χ1n) is 2.82. The molecule has 4 N–H and O–H groups in total. The summed E-state index contributed by atoms with van der Waals surface area (Å²) in [6, 6.07) is 0. The van der Waals surface area contributed by atoms with Crippen LogP contribution < -0.4 is 16.4 Å². The van der Waals surface area contributed by atoms with Gasteiger partial charge in [-0.3, -0.25) is 10.6 Å². The molecule has 0 spiro atoms. The number of hydrogen-bond acceptors (Lipinski definition) is 5. The normalized spacial score (nSPS) is 21.1. The van der Waals surface area contributed by atoms with Crippen LogP contribution in [0.4, 0.5) is 0 Å². The van der Waals surface area contributed by atoms with E-state index in [1.807, 2.05) is 0 Å². The smallest absolute Gasteiger partial charge is 0.162 e. The molecule has 7 nitrogen and oxygen atoms in total. The molecule has 58 valence electrons. The van der Waals surface area contributed by atoms with Crippen LogP contribution in [0.3, 0.4) is 0 Å². The molecule has 0 bridgehead atoms. The zero-order valence-electron chi connectivity index (χ0n) is 5.28. The van der Waals surface area contributed by atoms with Crippen LogP contribution in [0.5, 0.6) is 0 Å². The minimum absolute atomic E-state index is 0.182. The van der Waals surface area contributed by atoms with Gasteiger partial charge in [-0.1, -0.05) is 0 Å². The van der Waals surface area contributed by atoms with E-state index in [4.69, 9.17) is 5.73 Å². The first kappa shape index (κ1) is 7.19. The van der Waals surface area contributed by atoms with Crippen molar-refractivity contribution >= 4 is 0 Å². The van der Waals surface area contributed by atoms with E-state index >= 15 is 0 Å². The highest BCUT2D eigenvalue weighted by Gasteiger charge is 2.19. The third kappa shape index (κ3) is 1.53. The topological polar surface area (TPSA) is 96.5 Å². The van der Waals surface area contributed by atoms with E-state index in [0.717, 1.165) is 5.01 Å². The number of nitrogens with one attached hydrogen (secondary N) is 2. The van der Waals surface area contributed by atoms with Crippen LogP contribution >= 0.6 is 0 Å². The van der Waals surface area contributed by atoms with E-state index in [9.17, 15) is 10.1 Å². The summed E-state index contributed by atoms with van der Waals surface area (Å²) in [5.41, 5.74) is 5.33. The van der Waals surface area contributed by atoms with E-state index in [2.05, 4.69) is 10.6 Å². The van der Waals surface area contributed by atoms with E-state index in [-0.39, 0.29) is 19.6 Å². The molecule has 1 heterocycles. The second-order valence-corrected chi connectivity index (χ2v) is 1.95. The van der Waals surface area contributed by atoms with E-state index in [0.29, 0.717) is 0 Å². The number of hydrogen-bond donors (Lipinski definition) is 3. The molecule has 1 saturated heterocycles. The van der Waals surface area contributed by atoms with Gasteiger partial charge in [0.05, 0.1) is 0 Å². The van der Waals surface area contributed by atoms with Crippen molar-refractivity contribution in [3.8, 4) is 0 Å². The SMILES string of the molecule is NC1NCN([N+](=O)[O-])CN1. The van der Waals surface area contributed by atoms with Crippen molar-refractivity contribution in [2.45, 2.75) is 6.29 Å². The Balaban J connectivity index is 2.33. The summed E-state index contributed by atoms with van der Waals surface area (Å²) in [7, 11) is 0. The van der Waals surface area contributed by atoms with Crippen LogP contribution in [0.1, 0.15) is 0 Å². The lowest BCUT2D eigenvalue weighted by atomic mass is 10.7. The van der Waals surface area contributed by atoms with Gasteiger partial charge in [0.25, 0.3) is 0 Å². The second-order valence-electron chi connectivity index (χ2n) is 1.95. The third-order valence-electron chi connectivity index (χ3n) is 1.22. The summed E-state index contributed by atoms with van der Waals surface area (Å²) in [6.07, 6.45) is -0.337. The molecule has 1 aliphatic rings. The molecular weight excluding hydrogens is 138 g/mol. The van der Waals surface area contributed by atoms with E-state index < -0.39 is 5.03 Å². The van der Waals surface area contributed by atoms with Crippen LogP contribution in [0.2, 0.25) is 0 Å². The van der Waals surface area contributed by atoms with Gasteiger partial charge in [0.15, 0.2) is 5.03 Å². The first-order valence-corrected chi connectivity index (χ1v) is 2.82. The van der Waals surface area contributed by atoms with Crippen LogP contribution in [0.25, 0.3) is 0 Å². The minimum Gasteiger partial charge on any atom is -0.303 e. The maximum atomic E-state index is 10.1. The largest absolute Gasteiger partial charge is 0.303 e. The molecule has 0 aliphatic carbocycles. The van der Waals surface area contributed by atoms with Gasteiger partial charge in [0, 0.05) is 0 Å². The molecule has 0 amide bonds. The van der Waals surface area contributed by atoms with Gasteiger partial charge in [-0.15, -0.1) is 5.01 Å². The van der Waals surface area contributed by atoms with Crippen LogP contribution in [0.15, 0.2) is 0 Å². The molecule has 1 fully saturated rings. The standard InChI is InChI=1S/C3H9N5O2/c4-3-5-1-7(2-6-3)8(9)10/h3,5-6H,1-2,4H2. The zero-order valence-corrected chi connectivity index (χ0v) is 5.28. The molecule has 10 heavy (non-hydrogen) atoms. The van der Waals surface area contributed by atoms with Crippen LogP contribution in [-0.2, 0) is 0 Å². The van der Waals surface area contributed by atoms with Crippen molar-refractivity contribution in [1.82, 2.24) is 15.6 Å². The maximum Gasteiger partial charge on any atom is 0.162 e. The molecule has 0 aromatic heterocycles. The van der Waals surface area contributed by atoms with Gasteiger partial charge in [-0.05, 0) is 0 Å². The number of rotatable bonds is 1. The highest BCUT2D eigenvalue weighted by atomic mass is 16.7. The number of nitro groups is 1. The first-order chi connectivity index (χ1) is 4.70. The Morgan fingerprint density at radius 2 is 2.10 bits per heavy atom. The number of nitrogens with zero attached hydrogens (tertiary/aromatic N) is 2. The molecule has 0 aromatic carbocycles. The predicted octanol–water partition coefficient (Wildman–Crippen LogP) is -2.17. The zero-order chi connectivity index (χ0) is 7.56. The van der Waals surface area contributed by atoms with Gasteiger partial charge >= 0.3 is 0 Å². The summed E-state index contributed by atoms with van der Waals surface area (Å²) in [5, 5.41) is 15.9. The lowest BCUT2D eigenvalue weighted by Gasteiger charge is -2.25. The fourth-order valence-electron chi connectivity index (χ4n) is 0.651. The fraction of sp³-hybridized carbons (Fsp3) is 1.00. The predicted molar refractivity (Wildman–Crippen MR) is 32.8 cm³/mol. The Labute approximate surface area is 57.3 Å². The third-order valence-corrected chi connectivity index (χ3v) is 1.22. The fourth-order valence-corrected chi connectivity index (χ4v) is 0.651. The van der Waals surface area contributed by atoms with Gasteiger partial charge < -0.3 is 5.73 Å².